The zero-order valence-corrected chi connectivity index (χ0v) is 28.2. The van der Waals surface area contributed by atoms with Gasteiger partial charge in [-0.15, -0.1) is 0 Å². The lowest BCUT2D eigenvalue weighted by molar-refractivity contribution is -0.168. The zero-order chi connectivity index (χ0) is 30.2. The molecule has 1 amide bonds. The van der Waals surface area contributed by atoms with Crippen LogP contribution < -0.4 is 0 Å². The molecular weight excluding hydrogens is 510 g/mol. The molecule has 5 heteroatoms. The van der Waals surface area contributed by atoms with Gasteiger partial charge in [-0.1, -0.05) is 155 Å². The number of hydrogen-bond acceptors (Lipinski definition) is 4. The van der Waals surface area contributed by atoms with Crippen molar-refractivity contribution in [2.75, 3.05) is 20.8 Å². The topological polar surface area (TPSA) is 55.8 Å². The molecule has 0 aromatic heterocycles. The van der Waals surface area contributed by atoms with Crippen LogP contribution in [-0.2, 0) is 19.2 Å². The summed E-state index contributed by atoms with van der Waals surface area (Å²) in [5.74, 6) is 0.477. The maximum absolute atomic E-state index is 12.4. The van der Waals surface area contributed by atoms with Crippen LogP contribution in [0.3, 0.4) is 0 Å². The van der Waals surface area contributed by atoms with Crippen LogP contribution in [0.5, 0.6) is 0 Å². The van der Waals surface area contributed by atoms with E-state index in [2.05, 4.69) is 13.8 Å². The third-order valence-electron chi connectivity index (χ3n) is 8.56. The van der Waals surface area contributed by atoms with Gasteiger partial charge in [0.1, 0.15) is 0 Å². The average molecular weight is 582 g/mol. The number of carbonyl (C=O) groups is 2. The van der Waals surface area contributed by atoms with Gasteiger partial charge in [-0.05, 0) is 31.6 Å². The van der Waals surface area contributed by atoms with Gasteiger partial charge in [0.15, 0.2) is 0 Å². The van der Waals surface area contributed by atoms with Crippen LogP contribution in [0.25, 0.3) is 0 Å². The lowest BCUT2D eigenvalue weighted by Gasteiger charge is -2.17. The van der Waals surface area contributed by atoms with E-state index in [9.17, 15) is 9.59 Å². The number of nitrogens with zero attached hydrogens (tertiary/aromatic N) is 1. The minimum absolute atomic E-state index is 0.00256. The molecule has 0 radical (unpaired) electrons. The molecule has 0 saturated carbocycles. The Morgan fingerprint density at radius 1 is 0.537 bits per heavy atom. The fraction of sp³-hybridized carbons (Fsp3) is 0.944. The smallest absolute Gasteiger partial charge is 0.305 e. The Balaban J connectivity index is 4.12. The molecule has 0 fully saturated rings. The molecule has 0 atom stereocenters. The highest BCUT2D eigenvalue weighted by Gasteiger charge is 2.13. The predicted octanol–water partition coefficient (Wildman–Crippen LogP) is 11.1. The van der Waals surface area contributed by atoms with Crippen molar-refractivity contribution in [3.8, 4) is 0 Å². The highest BCUT2D eigenvalue weighted by atomic mass is 16.7. The third kappa shape index (κ3) is 28.8. The number of rotatable bonds is 32. The van der Waals surface area contributed by atoms with Crippen molar-refractivity contribution >= 4 is 11.9 Å². The number of amides is 1. The first kappa shape index (κ1) is 39.9. The van der Waals surface area contributed by atoms with Gasteiger partial charge in [0.2, 0.25) is 5.91 Å². The summed E-state index contributed by atoms with van der Waals surface area (Å²) in [6, 6.07) is 0. The fourth-order valence-corrected chi connectivity index (χ4v) is 5.59. The molecule has 0 spiro atoms. The van der Waals surface area contributed by atoms with Gasteiger partial charge >= 0.3 is 5.97 Å². The van der Waals surface area contributed by atoms with Crippen LogP contribution in [0.15, 0.2) is 0 Å². The van der Waals surface area contributed by atoms with Crippen LogP contribution >= 0.6 is 0 Å². The van der Waals surface area contributed by atoms with Gasteiger partial charge < -0.3 is 4.74 Å². The molecular formula is C36H71NO4. The second-order valence-electron chi connectivity index (χ2n) is 12.5. The van der Waals surface area contributed by atoms with E-state index in [0.29, 0.717) is 25.4 Å². The second-order valence-corrected chi connectivity index (χ2v) is 12.5. The molecule has 0 aliphatic carbocycles. The van der Waals surface area contributed by atoms with Gasteiger partial charge in [0, 0.05) is 19.9 Å². The third-order valence-corrected chi connectivity index (χ3v) is 8.56. The van der Waals surface area contributed by atoms with Crippen LogP contribution in [0.2, 0.25) is 0 Å². The molecule has 0 N–H and O–H groups in total. The van der Waals surface area contributed by atoms with Crippen LogP contribution in [0, 0.1) is 5.92 Å². The van der Waals surface area contributed by atoms with Crippen molar-refractivity contribution in [1.82, 2.24) is 5.06 Å². The Hall–Kier alpha value is -1.10. The number of ether oxygens (including phenoxy) is 1. The SMILES string of the molecule is CCCCCCCCCCCCC(CCCCCCCCCCCC)COC(=O)CCCCCCC(=O)N(C)OC. The first-order valence-corrected chi connectivity index (χ1v) is 18.0. The molecule has 0 aromatic rings. The molecule has 0 aromatic carbocycles. The Bertz CT molecular complexity index is 544. The monoisotopic (exact) mass is 582 g/mol. The summed E-state index contributed by atoms with van der Waals surface area (Å²) in [6.07, 6.45) is 34.3. The zero-order valence-electron chi connectivity index (χ0n) is 28.2. The number of hydrogen-bond donors (Lipinski definition) is 0. The normalized spacial score (nSPS) is 11.3. The Morgan fingerprint density at radius 3 is 1.32 bits per heavy atom. The van der Waals surface area contributed by atoms with Gasteiger partial charge in [-0.25, -0.2) is 5.06 Å². The predicted molar refractivity (Wildman–Crippen MR) is 175 cm³/mol. The van der Waals surface area contributed by atoms with Crippen molar-refractivity contribution in [1.29, 1.82) is 0 Å². The molecule has 0 bridgehead atoms. The molecule has 0 aliphatic rings. The summed E-state index contributed by atoms with van der Waals surface area (Å²) >= 11 is 0. The van der Waals surface area contributed by atoms with E-state index < -0.39 is 0 Å². The lowest BCUT2D eigenvalue weighted by Crippen LogP contribution is -2.24. The van der Waals surface area contributed by atoms with E-state index in [0.717, 1.165) is 25.7 Å². The molecule has 5 nitrogen and oxygen atoms in total. The molecule has 0 saturated heterocycles. The standard InChI is InChI=1S/C36H71NO4/c1-5-7-9-11-13-15-17-19-21-25-29-34(30-26-22-20-18-16-14-12-10-8-6-2)33-41-36(39)32-28-24-23-27-31-35(38)37(3)40-4/h34H,5-33H2,1-4H3. The summed E-state index contributed by atoms with van der Waals surface area (Å²) < 4.78 is 5.76. The average Bonchev–Trinajstić information content (AvgIpc) is 2.98. The summed E-state index contributed by atoms with van der Waals surface area (Å²) in [4.78, 5) is 29.1. The van der Waals surface area contributed by atoms with Crippen LogP contribution in [0.4, 0.5) is 0 Å². The molecule has 0 unspecified atom stereocenters. The Labute approximate surface area is 256 Å². The van der Waals surface area contributed by atoms with Gasteiger partial charge in [-0.2, -0.15) is 0 Å². The van der Waals surface area contributed by atoms with E-state index in [1.807, 2.05) is 0 Å². The highest BCUT2D eigenvalue weighted by Crippen LogP contribution is 2.21. The highest BCUT2D eigenvalue weighted by molar-refractivity contribution is 5.74. The lowest BCUT2D eigenvalue weighted by atomic mass is 9.94. The minimum Gasteiger partial charge on any atom is -0.465 e. The first-order valence-electron chi connectivity index (χ1n) is 18.0. The van der Waals surface area contributed by atoms with Crippen molar-refractivity contribution < 1.29 is 19.2 Å². The van der Waals surface area contributed by atoms with Gasteiger partial charge in [0.05, 0.1) is 13.7 Å². The van der Waals surface area contributed by atoms with Gasteiger partial charge in [0.25, 0.3) is 0 Å². The maximum Gasteiger partial charge on any atom is 0.305 e. The minimum atomic E-state index is -0.0451. The van der Waals surface area contributed by atoms with Gasteiger partial charge in [-0.3, -0.25) is 14.4 Å². The summed E-state index contributed by atoms with van der Waals surface area (Å²) in [6.45, 7) is 5.16. The quantitative estimate of drug-likeness (QED) is 0.0450. The Kier molecular flexibility index (Phi) is 31.0. The van der Waals surface area contributed by atoms with Crippen LogP contribution in [0.1, 0.15) is 194 Å². The summed E-state index contributed by atoms with van der Waals surface area (Å²) in [5.41, 5.74) is 0. The molecule has 244 valence electrons. The van der Waals surface area contributed by atoms with Crippen molar-refractivity contribution in [3.63, 3.8) is 0 Å². The molecule has 0 rings (SSSR count). The second kappa shape index (κ2) is 31.8. The summed E-state index contributed by atoms with van der Waals surface area (Å²) in [5, 5.41) is 1.28. The first-order chi connectivity index (χ1) is 20.0. The van der Waals surface area contributed by atoms with E-state index in [1.54, 1.807) is 7.05 Å². The van der Waals surface area contributed by atoms with E-state index in [1.165, 1.54) is 153 Å². The Morgan fingerprint density at radius 2 is 0.902 bits per heavy atom. The number of hydroxylamine groups is 2. The molecule has 0 heterocycles. The van der Waals surface area contributed by atoms with E-state index in [-0.39, 0.29) is 11.9 Å². The molecule has 41 heavy (non-hydrogen) atoms. The van der Waals surface area contributed by atoms with Crippen molar-refractivity contribution in [2.45, 2.75) is 194 Å². The maximum atomic E-state index is 12.4. The molecule has 0 aliphatic heterocycles. The van der Waals surface area contributed by atoms with E-state index >= 15 is 0 Å². The number of esters is 1. The number of unbranched alkanes of at least 4 members (excludes halogenated alkanes) is 21. The largest absolute Gasteiger partial charge is 0.465 e. The summed E-state index contributed by atoms with van der Waals surface area (Å²) in [7, 11) is 3.14. The van der Waals surface area contributed by atoms with Crippen molar-refractivity contribution in [3.05, 3.63) is 0 Å². The fourth-order valence-electron chi connectivity index (χ4n) is 5.59. The van der Waals surface area contributed by atoms with Crippen LogP contribution in [-0.4, -0.2) is 37.7 Å². The van der Waals surface area contributed by atoms with Crippen molar-refractivity contribution in [2.24, 2.45) is 5.92 Å². The number of carbonyl (C=O) groups excluding carboxylic acids is 2. The van der Waals surface area contributed by atoms with E-state index in [4.69, 9.17) is 9.57 Å².